The van der Waals surface area contributed by atoms with Crippen LogP contribution in [0.3, 0.4) is 0 Å². The van der Waals surface area contributed by atoms with E-state index in [1.165, 1.54) is 6.92 Å². The van der Waals surface area contributed by atoms with E-state index in [9.17, 15) is 9.90 Å². The summed E-state index contributed by atoms with van der Waals surface area (Å²) in [6.45, 7) is 3.65. The molecule has 1 heterocycles. The lowest BCUT2D eigenvalue weighted by molar-refractivity contribution is -0.114. The molecule has 3 aromatic carbocycles. The molecule has 2 N–H and O–H groups in total. The SMILES string of the molecule is CC(=O)Nc1cc(-c2ccccc2)ccc1OCC(O)CN1CCC(Oc2ccc(Cl)cc2)C1. The number of nitrogens with one attached hydrogen (secondary N) is 1. The normalized spacial score (nSPS) is 16.7. The highest BCUT2D eigenvalue weighted by Crippen LogP contribution is 2.31. The fourth-order valence-corrected chi connectivity index (χ4v) is 4.18. The van der Waals surface area contributed by atoms with Crippen LogP contribution in [0.15, 0.2) is 72.8 Å². The van der Waals surface area contributed by atoms with Crippen LogP contribution in [0, 0.1) is 0 Å². The van der Waals surface area contributed by atoms with Gasteiger partial charge in [0.15, 0.2) is 0 Å². The number of benzene rings is 3. The van der Waals surface area contributed by atoms with E-state index < -0.39 is 6.10 Å². The number of anilines is 1. The molecular weight excluding hydrogens is 452 g/mol. The maximum Gasteiger partial charge on any atom is 0.221 e. The monoisotopic (exact) mass is 480 g/mol. The van der Waals surface area contributed by atoms with Gasteiger partial charge in [0.1, 0.15) is 30.3 Å². The Kier molecular flexibility index (Phi) is 8.06. The summed E-state index contributed by atoms with van der Waals surface area (Å²) < 4.78 is 11.9. The molecule has 1 aliphatic heterocycles. The molecule has 6 nitrogen and oxygen atoms in total. The third kappa shape index (κ3) is 6.73. The Labute approximate surface area is 205 Å². The van der Waals surface area contributed by atoms with Crippen LogP contribution in [0.1, 0.15) is 13.3 Å². The molecular formula is C27H29ClN2O4. The number of carbonyl (C=O) groups is 1. The smallest absolute Gasteiger partial charge is 0.221 e. The van der Waals surface area contributed by atoms with Crippen LogP contribution in [-0.2, 0) is 4.79 Å². The summed E-state index contributed by atoms with van der Waals surface area (Å²) in [5.41, 5.74) is 2.60. The number of likely N-dealkylation sites (tertiary alicyclic amines) is 1. The Hall–Kier alpha value is -3.06. The third-order valence-corrected chi connectivity index (χ3v) is 5.90. The van der Waals surface area contributed by atoms with Crippen LogP contribution in [0.4, 0.5) is 5.69 Å². The average molecular weight is 481 g/mol. The summed E-state index contributed by atoms with van der Waals surface area (Å²) in [6, 6.07) is 22.9. The van der Waals surface area contributed by atoms with Gasteiger partial charge in [0.05, 0.1) is 5.69 Å². The maximum atomic E-state index is 11.7. The first-order valence-electron chi connectivity index (χ1n) is 11.4. The quantitative estimate of drug-likeness (QED) is 0.457. The molecule has 7 heteroatoms. The van der Waals surface area contributed by atoms with Crippen LogP contribution in [0.25, 0.3) is 11.1 Å². The van der Waals surface area contributed by atoms with Crippen LogP contribution >= 0.6 is 11.6 Å². The van der Waals surface area contributed by atoms with Gasteiger partial charge >= 0.3 is 0 Å². The van der Waals surface area contributed by atoms with E-state index in [-0.39, 0.29) is 18.6 Å². The molecule has 178 valence electrons. The highest BCUT2D eigenvalue weighted by atomic mass is 35.5. The summed E-state index contributed by atoms with van der Waals surface area (Å²) in [5, 5.41) is 14.1. The molecule has 0 bridgehead atoms. The van der Waals surface area contributed by atoms with Crippen molar-refractivity contribution in [2.24, 2.45) is 0 Å². The number of aliphatic hydroxyl groups is 1. The molecule has 1 saturated heterocycles. The fraction of sp³-hybridized carbons (Fsp3) is 0.296. The standard InChI is InChI=1S/C27H29ClN2O4/c1-19(31)29-26-15-21(20-5-3-2-4-6-20)7-12-27(26)33-18-23(32)16-30-14-13-25(17-30)34-24-10-8-22(28)9-11-24/h2-12,15,23,25,32H,13-14,16-18H2,1H3,(H,29,31). The van der Waals surface area contributed by atoms with Crippen molar-refractivity contribution in [1.82, 2.24) is 4.90 Å². The van der Waals surface area contributed by atoms with Crippen molar-refractivity contribution in [2.45, 2.75) is 25.6 Å². The van der Waals surface area contributed by atoms with Gasteiger partial charge in [0.25, 0.3) is 0 Å². The van der Waals surface area contributed by atoms with E-state index in [2.05, 4.69) is 10.2 Å². The summed E-state index contributed by atoms with van der Waals surface area (Å²) in [4.78, 5) is 13.9. The Morgan fingerprint density at radius 2 is 1.88 bits per heavy atom. The number of nitrogens with zero attached hydrogens (tertiary/aromatic N) is 1. The minimum atomic E-state index is -0.673. The molecule has 2 atom stereocenters. The Balaban J connectivity index is 1.31. The lowest BCUT2D eigenvalue weighted by Crippen LogP contribution is -2.35. The first kappa shape index (κ1) is 24.1. The molecule has 0 aliphatic carbocycles. The van der Waals surface area contributed by atoms with Crippen LogP contribution < -0.4 is 14.8 Å². The second-order valence-electron chi connectivity index (χ2n) is 8.47. The van der Waals surface area contributed by atoms with E-state index in [1.54, 1.807) is 0 Å². The zero-order valence-corrected chi connectivity index (χ0v) is 19.9. The van der Waals surface area contributed by atoms with Crippen molar-refractivity contribution in [1.29, 1.82) is 0 Å². The number of aliphatic hydroxyl groups excluding tert-OH is 1. The molecule has 1 aliphatic rings. The number of hydrogen-bond acceptors (Lipinski definition) is 5. The van der Waals surface area contributed by atoms with Crippen molar-refractivity contribution >= 4 is 23.2 Å². The molecule has 0 aromatic heterocycles. The first-order valence-corrected chi connectivity index (χ1v) is 11.8. The molecule has 0 spiro atoms. The van der Waals surface area contributed by atoms with E-state index in [0.717, 1.165) is 36.4 Å². The minimum absolute atomic E-state index is 0.0752. The van der Waals surface area contributed by atoms with E-state index in [0.29, 0.717) is 23.0 Å². The Morgan fingerprint density at radius 3 is 2.62 bits per heavy atom. The van der Waals surface area contributed by atoms with Gasteiger partial charge in [-0.2, -0.15) is 0 Å². The first-order chi connectivity index (χ1) is 16.5. The molecule has 1 amide bonds. The number of β-amino-alcohol motifs (C(OH)–C–C–N with tert-alkyl or cyclic N) is 1. The average Bonchev–Trinajstić information content (AvgIpc) is 3.26. The van der Waals surface area contributed by atoms with E-state index in [4.69, 9.17) is 21.1 Å². The summed E-state index contributed by atoms with van der Waals surface area (Å²) in [5.74, 6) is 1.14. The van der Waals surface area contributed by atoms with Crippen molar-refractivity contribution in [3.8, 4) is 22.6 Å². The number of amides is 1. The number of ether oxygens (including phenoxy) is 2. The van der Waals surface area contributed by atoms with Gasteiger partial charge in [-0.1, -0.05) is 48.0 Å². The second-order valence-corrected chi connectivity index (χ2v) is 8.90. The summed E-state index contributed by atoms with van der Waals surface area (Å²) in [7, 11) is 0. The molecule has 2 unspecified atom stereocenters. The number of carbonyl (C=O) groups excluding carboxylic acids is 1. The van der Waals surface area contributed by atoms with Gasteiger partial charge in [-0.3, -0.25) is 9.69 Å². The highest BCUT2D eigenvalue weighted by Gasteiger charge is 2.26. The highest BCUT2D eigenvalue weighted by molar-refractivity contribution is 6.30. The minimum Gasteiger partial charge on any atom is -0.489 e. The van der Waals surface area contributed by atoms with E-state index in [1.807, 2.05) is 72.8 Å². The van der Waals surface area contributed by atoms with Gasteiger partial charge in [0.2, 0.25) is 5.91 Å². The van der Waals surface area contributed by atoms with Gasteiger partial charge < -0.3 is 19.9 Å². The van der Waals surface area contributed by atoms with Gasteiger partial charge in [0, 0.05) is 31.6 Å². The van der Waals surface area contributed by atoms with Gasteiger partial charge in [-0.15, -0.1) is 0 Å². The van der Waals surface area contributed by atoms with Crippen molar-refractivity contribution in [2.75, 3.05) is 31.6 Å². The predicted molar refractivity (Wildman–Crippen MR) is 135 cm³/mol. The van der Waals surface area contributed by atoms with Gasteiger partial charge in [-0.05, 0) is 53.9 Å². The molecule has 4 rings (SSSR count). The Bertz CT molecular complexity index is 1090. The van der Waals surface area contributed by atoms with Crippen molar-refractivity contribution in [3.63, 3.8) is 0 Å². The lowest BCUT2D eigenvalue weighted by atomic mass is 10.0. The number of rotatable bonds is 9. The lowest BCUT2D eigenvalue weighted by Gasteiger charge is -2.21. The van der Waals surface area contributed by atoms with Crippen LogP contribution in [-0.4, -0.2) is 54.4 Å². The fourth-order valence-electron chi connectivity index (χ4n) is 4.05. The largest absolute Gasteiger partial charge is 0.489 e. The molecule has 1 fully saturated rings. The van der Waals surface area contributed by atoms with Crippen molar-refractivity contribution in [3.05, 3.63) is 77.8 Å². The van der Waals surface area contributed by atoms with E-state index >= 15 is 0 Å². The predicted octanol–water partition coefficient (Wildman–Crippen LogP) is 4.86. The molecule has 34 heavy (non-hydrogen) atoms. The maximum absolute atomic E-state index is 11.7. The number of halogens is 1. The van der Waals surface area contributed by atoms with Crippen LogP contribution in [0.2, 0.25) is 5.02 Å². The Morgan fingerprint density at radius 1 is 1.12 bits per heavy atom. The zero-order valence-electron chi connectivity index (χ0n) is 19.1. The zero-order chi connectivity index (χ0) is 23.9. The topological polar surface area (TPSA) is 71.0 Å². The third-order valence-electron chi connectivity index (χ3n) is 5.64. The molecule has 0 radical (unpaired) electrons. The number of hydrogen-bond donors (Lipinski definition) is 2. The summed E-state index contributed by atoms with van der Waals surface area (Å²) >= 11 is 5.93. The second kappa shape index (κ2) is 11.4. The van der Waals surface area contributed by atoms with Crippen molar-refractivity contribution < 1.29 is 19.4 Å². The van der Waals surface area contributed by atoms with Crippen LogP contribution in [0.5, 0.6) is 11.5 Å². The molecule has 3 aromatic rings. The molecule has 0 saturated carbocycles. The summed E-state index contributed by atoms with van der Waals surface area (Å²) in [6.07, 6.45) is 0.295. The van der Waals surface area contributed by atoms with Gasteiger partial charge in [-0.25, -0.2) is 0 Å².